The lowest BCUT2D eigenvalue weighted by Crippen LogP contribution is -2.48. The lowest BCUT2D eigenvalue weighted by atomic mass is 10.1. The van der Waals surface area contributed by atoms with E-state index in [4.69, 9.17) is 0 Å². The van der Waals surface area contributed by atoms with Crippen LogP contribution >= 0.6 is 0 Å². The Morgan fingerprint density at radius 1 is 1.03 bits per heavy atom. The fourth-order valence-corrected chi connectivity index (χ4v) is 4.53. The molecular weight excluding hydrogens is 386 g/mol. The number of rotatable bonds is 9. The topological polar surface area (TPSA) is 69.7 Å². The summed E-state index contributed by atoms with van der Waals surface area (Å²) >= 11 is 0. The quantitative estimate of drug-likeness (QED) is 0.637. The third-order valence-corrected chi connectivity index (χ3v) is 5.96. The van der Waals surface area contributed by atoms with Gasteiger partial charge in [0.25, 0.3) is 0 Å². The summed E-state index contributed by atoms with van der Waals surface area (Å²) in [5, 5.41) is 2.87. The summed E-state index contributed by atoms with van der Waals surface area (Å²) in [5.41, 5.74) is 3.53. The summed E-state index contributed by atoms with van der Waals surface area (Å²) in [6.45, 7) is 6.69. The monoisotopic (exact) mass is 417 g/mol. The minimum atomic E-state index is -3.61. The summed E-state index contributed by atoms with van der Waals surface area (Å²) in [7, 11) is -1.61. The van der Waals surface area contributed by atoms with Gasteiger partial charge in [0.05, 0.1) is 11.9 Å². The summed E-state index contributed by atoms with van der Waals surface area (Å²) < 4.78 is 26.0. The van der Waals surface area contributed by atoms with E-state index in [0.29, 0.717) is 12.2 Å². The smallest absolute Gasteiger partial charge is 0.243 e. The first-order chi connectivity index (χ1) is 13.6. The van der Waals surface area contributed by atoms with Gasteiger partial charge in [-0.3, -0.25) is 9.10 Å². The first-order valence-corrected chi connectivity index (χ1v) is 11.6. The third kappa shape index (κ3) is 6.49. The highest BCUT2D eigenvalue weighted by Crippen LogP contribution is 2.23. The molecule has 2 rings (SSSR count). The number of anilines is 2. The van der Waals surface area contributed by atoms with E-state index in [1.807, 2.05) is 57.3 Å². The van der Waals surface area contributed by atoms with E-state index in [1.165, 1.54) is 4.31 Å². The van der Waals surface area contributed by atoms with Crippen molar-refractivity contribution in [3.8, 4) is 0 Å². The third-order valence-electron chi connectivity index (χ3n) is 4.72. The van der Waals surface area contributed by atoms with Gasteiger partial charge < -0.3 is 10.2 Å². The van der Waals surface area contributed by atoms with Crippen LogP contribution in [0.3, 0.4) is 0 Å². The number of benzene rings is 2. The molecule has 0 saturated carbocycles. The Hall–Kier alpha value is -2.54. The minimum absolute atomic E-state index is 0.308. The van der Waals surface area contributed by atoms with Crippen molar-refractivity contribution in [1.29, 1.82) is 0 Å². The molecular formula is C22H31N3O3S. The summed E-state index contributed by atoms with van der Waals surface area (Å²) in [5.74, 6) is -0.308. The zero-order chi connectivity index (χ0) is 21.6. The van der Waals surface area contributed by atoms with Gasteiger partial charge in [-0.1, -0.05) is 24.3 Å². The number of nitrogens with zero attached hydrogens (tertiary/aromatic N) is 2. The van der Waals surface area contributed by atoms with Crippen LogP contribution in [0.15, 0.2) is 48.5 Å². The molecule has 0 aliphatic carbocycles. The summed E-state index contributed by atoms with van der Waals surface area (Å²) in [6.07, 6.45) is 1.88. The number of hydrogen-bond acceptors (Lipinski definition) is 4. The molecule has 0 aliphatic rings. The van der Waals surface area contributed by atoms with Crippen LogP contribution in [-0.2, 0) is 14.8 Å². The Bertz CT molecular complexity index is 909. The number of nitrogens with one attached hydrogen (secondary N) is 1. The van der Waals surface area contributed by atoms with E-state index in [2.05, 4.69) is 10.2 Å². The van der Waals surface area contributed by atoms with E-state index < -0.39 is 16.1 Å². The molecule has 0 spiro atoms. The van der Waals surface area contributed by atoms with Crippen LogP contribution in [0.4, 0.5) is 11.4 Å². The average Bonchev–Trinajstić information content (AvgIpc) is 2.63. The van der Waals surface area contributed by atoms with Gasteiger partial charge in [0, 0.05) is 25.8 Å². The molecule has 7 heteroatoms. The van der Waals surface area contributed by atoms with Crippen LogP contribution in [0, 0.1) is 13.8 Å². The molecule has 1 unspecified atom stereocenters. The molecule has 0 radical (unpaired) electrons. The Morgan fingerprint density at radius 2 is 1.62 bits per heavy atom. The molecule has 0 aromatic heterocycles. The van der Waals surface area contributed by atoms with Crippen molar-refractivity contribution in [2.45, 2.75) is 33.2 Å². The van der Waals surface area contributed by atoms with E-state index in [1.54, 1.807) is 19.1 Å². The van der Waals surface area contributed by atoms with Crippen molar-refractivity contribution in [3.05, 3.63) is 59.7 Å². The second kappa shape index (κ2) is 9.78. The number of sulfonamides is 1. The van der Waals surface area contributed by atoms with Gasteiger partial charge in [0.1, 0.15) is 6.04 Å². The Kier molecular flexibility index (Phi) is 7.67. The predicted molar refractivity (Wildman–Crippen MR) is 120 cm³/mol. The maximum atomic E-state index is 12.7. The average molecular weight is 418 g/mol. The molecule has 0 bridgehead atoms. The molecule has 0 aliphatic heterocycles. The second-order valence-electron chi connectivity index (χ2n) is 7.48. The molecule has 2 aromatic carbocycles. The van der Waals surface area contributed by atoms with Gasteiger partial charge >= 0.3 is 0 Å². The number of amides is 1. The first kappa shape index (κ1) is 22.7. The number of para-hydroxylation sites is 1. The molecule has 1 N–H and O–H groups in total. The number of carbonyl (C=O) groups excluding carboxylic acids is 1. The van der Waals surface area contributed by atoms with Gasteiger partial charge in [-0.2, -0.15) is 0 Å². The van der Waals surface area contributed by atoms with Crippen LogP contribution in [-0.4, -0.2) is 46.8 Å². The maximum absolute atomic E-state index is 12.7. The number of aryl methyl sites for hydroxylation is 2. The maximum Gasteiger partial charge on any atom is 0.243 e. The van der Waals surface area contributed by atoms with Crippen LogP contribution in [0.5, 0.6) is 0 Å². The van der Waals surface area contributed by atoms with Crippen LogP contribution in [0.1, 0.15) is 24.5 Å². The normalized spacial score (nSPS) is 12.3. The van der Waals surface area contributed by atoms with Crippen LogP contribution in [0.2, 0.25) is 0 Å². The molecule has 1 amide bonds. The highest BCUT2D eigenvalue weighted by atomic mass is 32.2. The molecule has 0 fully saturated rings. The Labute approximate surface area is 174 Å². The van der Waals surface area contributed by atoms with Crippen LogP contribution < -0.4 is 14.5 Å². The standard InChI is InChI=1S/C22H31N3O3S/c1-17-14-18(2)16-21(15-17)25(29(5,27)28)19(3)22(26)23-12-9-13-24(4)20-10-7-6-8-11-20/h6-8,10-11,14-16,19H,9,12-13H2,1-5H3,(H,23,26). The lowest BCUT2D eigenvalue weighted by molar-refractivity contribution is -0.121. The predicted octanol–water partition coefficient (Wildman–Crippen LogP) is 3.10. The largest absolute Gasteiger partial charge is 0.375 e. The van der Waals surface area contributed by atoms with E-state index in [9.17, 15) is 13.2 Å². The fourth-order valence-electron chi connectivity index (χ4n) is 3.37. The van der Waals surface area contributed by atoms with E-state index in [0.717, 1.165) is 36.0 Å². The van der Waals surface area contributed by atoms with Gasteiger partial charge in [-0.05, 0) is 62.6 Å². The van der Waals surface area contributed by atoms with Gasteiger partial charge in [-0.25, -0.2) is 8.42 Å². The molecule has 158 valence electrons. The minimum Gasteiger partial charge on any atom is -0.375 e. The first-order valence-electron chi connectivity index (χ1n) is 9.71. The fraction of sp³-hybridized carbons (Fsp3) is 0.409. The van der Waals surface area contributed by atoms with Gasteiger partial charge in [0.15, 0.2) is 0 Å². The van der Waals surface area contributed by atoms with Crippen molar-refractivity contribution in [2.75, 3.05) is 35.6 Å². The second-order valence-corrected chi connectivity index (χ2v) is 9.34. The SMILES string of the molecule is Cc1cc(C)cc(N(C(C)C(=O)NCCCN(C)c2ccccc2)S(C)(=O)=O)c1. The highest BCUT2D eigenvalue weighted by Gasteiger charge is 2.29. The van der Waals surface area contributed by atoms with Crippen molar-refractivity contribution in [3.63, 3.8) is 0 Å². The van der Waals surface area contributed by atoms with Crippen LogP contribution in [0.25, 0.3) is 0 Å². The number of hydrogen-bond donors (Lipinski definition) is 1. The number of carbonyl (C=O) groups is 1. The van der Waals surface area contributed by atoms with E-state index in [-0.39, 0.29) is 5.91 Å². The molecule has 1 atom stereocenters. The molecule has 6 nitrogen and oxygen atoms in total. The Balaban J connectivity index is 1.99. The molecule has 0 heterocycles. The summed E-state index contributed by atoms with van der Waals surface area (Å²) in [4.78, 5) is 14.8. The van der Waals surface area contributed by atoms with Gasteiger partial charge in [0.2, 0.25) is 15.9 Å². The molecule has 2 aromatic rings. The molecule has 0 saturated heterocycles. The zero-order valence-corrected chi connectivity index (χ0v) is 18.7. The Morgan fingerprint density at radius 3 is 2.17 bits per heavy atom. The zero-order valence-electron chi connectivity index (χ0n) is 17.8. The van der Waals surface area contributed by atoms with Crippen molar-refractivity contribution >= 4 is 27.3 Å². The summed E-state index contributed by atoms with van der Waals surface area (Å²) in [6, 6.07) is 14.7. The van der Waals surface area contributed by atoms with E-state index >= 15 is 0 Å². The molecule has 29 heavy (non-hydrogen) atoms. The van der Waals surface area contributed by atoms with Crippen molar-refractivity contribution < 1.29 is 13.2 Å². The van der Waals surface area contributed by atoms with Gasteiger partial charge in [-0.15, -0.1) is 0 Å². The van der Waals surface area contributed by atoms with Crippen molar-refractivity contribution in [2.24, 2.45) is 0 Å². The highest BCUT2D eigenvalue weighted by molar-refractivity contribution is 7.92. The lowest BCUT2D eigenvalue weighted by Gasteiger charge is -2.29. The van der Waals surface area contributed by atoms with Crippen molar-refractivity contribution in [1.82, 2.24) is 5.32 Å².